The molecule has 33 heavy (non-hydrogen) atoms. The first-order chi connectivity index (χ1) is 15.6. The third-order valence-corrected chi connectivity index (χ3v) is 6.25. The smallest absolute Gasteiger partial charge is 0.392 e. The Morgan fingerprint density at radius 2 is 1.85 bits per heavy atom. The number of halogens is 3. The molecule has 4 N–H and O–H groups in total. The lowest BCUT2D eigenvalue weighted by atomic mass is 9.70. The third-order valence-electron chi connectivity index (χ3n) is 6.25. The van der Waals surface area contributed by atoms with Crippen LogP contribution < -0.4 is 16.2 Å². The van der Waals surface area contributed by atoms with E-state index in [1.165, 1.54) is 6.33 Å². The van der Waals surface area contributed by atoms with Gasteiger partial charge in [0.25, 0.3) is 0 Å². The summed E-state index contributed by atoms with van der Waals surface area (Å²) in [5, 5.41) is 4.15. The van der Waals surface area contributed by atoms with Gasteiger partial charge in [-0.1, -0.05) is 5.16 Å². The lowest BCUT2D eigenvalue weighted by molar-refractivity contribution is -0.145. The molecule has 7 nitrogen and oxygen atoms in total. The van der Waals surface area contributed by atoms with E-state index < -0.39 is 24.6 Å². The fourth-order valence-corrected chi connectivity index (χ4v) is 4.51. The molecule has 1 aromatic carbocycles. The number of nitrogens with two attached hydrogens (primary N) is 2. The number of nitrogens with zero attached hydrogens (tertiary/aromatic N) is 3. The van der Waals surface area contributed by atoms with Crippen molar-refractivity contribution < 1.29 is 22.7 Å². The van der Waals surface area contributed by atoms with Gasteiger partial charge in [0.2, 0.25) is 0 Å². The zero-order valence-corrected chi connectivity index (χ0v) is 18.7. The van der Waals surface area contributed by atoms with Crippen LogP contribution in [0.2, 0.25) is 0 Å². The van der Waals surface area contributed by atoms with Crippen molar-refractivity contribution >= 4 is 11.5 Å². The fraction of sp³-hybridized carbons (Fsp3) is 0.522. The van der Waals surface area contributed by atoms with Crippen LogP contribution in [0.3, 0.4) is 0 Å². The molecular weight excluding hydrogens is 435 g/mol. The highest BCUT2D eigenvalue weighted by atomic mass is 19.4. The third kappa shape index (κ3) is 4.90. The van der Waals surface area contributed by atoms with Crippen LogP contribution >= 0.6 is 0 Å². The first-order valence-electron chi connectivity index (χ1n) is 11.0. The lowest BCUT2D eigenvalue weighted by Crippen LogP contribution is -2.36. The number of alkyl halides is 3. The molecule has 2 aromatic rings. The lowest BCUT2D eigenvalue weighted by Gasteiger charge is -2.35. The Kier molecular flexibility index (Phi) is 6.22. The standard InChI is InChI=1S/C23H28F3N5O2/c1-22(2)18-19(29-12-30-21(18)28)16-8-7-15(33-14-5-3-13(27)4-6-14)11-17(16)20(22)31-32-10-9-23(24,25)26/h7-8,11-14H,3-6,9-10,27H2,1-2H3,(H2,28,29,30)/b31-20+. The molecule has 0 radical (unpaired) electrons. The van der Waals surface area contributed by atoms with Gasteiger partial charge in [0.1, 0.15) is 24.5 Å². The molecule has 2 aliphatic rings. The predicted octanol–water partition coefficient (Wildman–Crippen LogP) is 4.34. The molecule has 0 spiro atoms. The molecule has 10 heteroatoms. The fourth-order valence-electron chi connectivity index (χ4n) is 4.51. The first-order valence-corrected chi connectivity index (χ1v) is 11.0. The van der Waals surface area contributed by atoms with Crippen LogP contribution in [-0.4, -0.2) is 40.6 Å². The molecule has 1 aromatic heterocycles. The van der Waals surface area contributed by atoms with Crippen molar-refractivity contribution in [2.24, 2.45) is 10.9 Å². The Morgan fingerprint density at radius 1 is 1.12 bits per heavy atom. The van der Waals surface area contributed by atoms with E-state index in [1.54, 1.807) is 0 Å². The molecule has 0 saturated heterocycles. The number of oxime groups is 1. The number of aromatic nitrogens is 2. The number of fused-ring (bicyclic) bond motifs is 3. The van der Waals surface area contributed by atoms with Gasteiger partial charge in [0.05, 0.1) is 23.9 Å². The summed E-state index contributed by atoms with van der Waals surface area (Å²) in [4.78, 5) is 13.7. The predicted molar refractivity (Wildman–Crippen MR) is 119 cm³/mol. The second-order valence-corrected chi connectivity index (χ2v) is 9.11. The molecule has 0 amide bonds. The summed E-state index contributed by atoms with van der Waals surface area (Å²) < 4.78 is 43.9. The Bertz CT molecular complexity index is 1050. The van der Waals surface area contributed by atoms with Crippen molar-refractivity contribution in [2.75, 3.05) is 12.3 Å². The van der Waals surface area contributed by atoms with Crippen LogP contribution in [0.1, 0.15) is 57.1 Å². The van der Waals surface area contributed by atoms with Gasteiger partial charge in [-0.15, -0.1) is 0 Å². The summed E-state index contributed by atoms with van der Waals surface area (Å²) >= 11 is 0. The highest BCUT2D eigenvalue weighted by Crippen LogP contribution is 2.45. The Hall–Kier alpha value is -2.88. The van der Waals surface area contributed by atoms with Crippen molar-refractivity contribution in [2.45, 2.75) is 69.7 Å². The Balaban J connectivity index is 1.71. The molecule has 0 bridgehead atoms. The Labute approximate surface area is 190 Å². The van der Waals surface area contributed by atoms with Crippen molar-refractivity contribution in [3.8, 4) is 17.0 Å². The number of rotatable bonds is 5. The zero-order valence-electron chi connectivity index (χ0n) is 18.7. The molecule has 1 heterocycles. The molecule has 4 rings (SSSR count). The summed E-state index contributed by atoms with van der Waals surface area (Å²) in [7, 11) is 0. The van der Waals surface area contributed by atoms with Crippen LogP contribution in [-0.2, 0) is 10.3 Å². The normalized spacial score (nSPS) is 23.0. The first kappa shape index (κ1) is 23.3. The van der Waals surface area contributed by atoms with Gasteiger partial charge < -0.3 is 21.0 Å². The minimum absolute atomic E-state index is 0.0631. The second kappa shape index (κ2) is 8.81. The van der Waals surface area contributed by atoms with Crippen LogP contribution in [0, 0.1) is 0 Å². The topological polar surface area (TPSA) is 109 Å². The number of hydrogen-bond donors (Lipinski definition) is 2. The summed E-state index contributed by atoms with van der Waals surface area (Å²) in [6, 6.07) is 5.78. The minimum atomic E-state index is -4.32. The summed E-state index contributed by atoms with van der Waals surface area (Å²) in [6.45, 7) is 3.16. The average Bonchev–Trinajstić information content (AvgIpc) is 2.73. The number of benzene rings is 1. The highest BCUT2D eigenvalue weighted by molar-refractivity contribution is 6.15. The van der Waals surface area contributed by atoms with Crippen molar-refractivity contribution in [3.05, 3.63) is 35.7 Å². The van der Waals surface area contributed by atoms with E-state index >= 15 is 0 Å². The van der Waals surface area contributed by atoms with Gasteiger partial charge in [-0.2, -0.15) is 13.2 Å². The van der Waals surface area contributed by atoms with E-state index in [0.29, 0.717) is 28.3 Å². The summed E-state index contributed by atoms with van der Waals surface area (Å²) in [5.74, 6) is 0.941. The van der Waals surface area contributed by atoms with Gasteiger partial charge in [0, 0.05) is 28.1 Å². The molecular formula is C23H28F3N5O2. The zero-order chi connectivity index (χ0) is 23.8. The van der Waals surface area contributed by atoms with Gasteiger partial charge in [-0.3, -0.25) is 0 Å². The molecule has 1 saturated carbocycles. The van der Waals surface area contributed by atoms with Gasteiger partial charge in [-0.25, -0.2) is 9.97 Å². The Morgan fingerprint density at radius 3 is 2.55 bits per heavy atom. The van der Waals surface area contributed by atoms with E-state index in [0.717, 1.165) is 31.2 Å². The molecule has 0 aliphatic heterocycles. The SMILES string of the molecule is CC1(C)/C(=N/OCCC(F)(F)F)c2cc(OC3CCC(N)CC3)ccc2-c2ncnc(N)c21. The van der Waals surface area contributed by atoms with Crippen LogP contribution in [0.4, 0.5) is 19.0 Å². The summed E-state index contributed by atoms with van der Waals surface area (Å²) in [6.07, 6.45) is -0.396. The molecule has 1 fully saturated rings. The number of anilines is 1. The van der Waals surface area contributed by atoms with E-state index in [1.807, 2.05) is 32.0 Å². The molecule has 178 valence electrons. The largest absolute Gasteiger partial charge is 0.490 e. The van der Waals surface area contributed by atoms with Crippen LogP contribution in [0.15, 0.2) is 29.7 Å². The van der Waals surface area contributed by atoms with Crippen molar-refractivity contribution in [3.63, 3.8) is 0 Å². The maximum Gasteiger partial charge on any atom is 0.392 e. The number of ether oxygens (including phenoxy) is 1. The van der Waals surface area contributed by atoms with Crippen LogP contribution in [0.5, 0.6) is 5.75 Å². The molecule has 0 unspecified atom stereocenters. The maximum atomic E-state index is 12.6. The van der Waals surface area contributed by atoms with Gasteiger partial charge in [0.15, 0.2) is 0 Å². The van der Waals surface area contributed by atoms with E-state index in [-0.39, 0.29) is 18.0 Å². The minimum Gasteiger partial charge on any atom is -0.490 e. The van der Waals surface area contributed by atoms with Crippen molar-refractivity contribution in [1.29, 1.82) is 0 Å². The summed E-state index contributed by atoms with van der Waals surface area (Å²) in [5.41, 5.74) is 14.6. The molecule has 0 atom stereocenters. The van der Waals surface area contributed by atoms with Gasteiger partial charge in [-0.05, 0) is 57.7 Å². The maximum absolute atomic E-state index is 12.6. The number of nitrogen functional groups attached to an aromatic ring is 1. The highest BCUT2D eigenvalue weighted by Gasteiger charge is 2.41. The van der Waals surface area contributed by atoms with Crippen molar-refractivity contribution in [1.82, 2.24) is 9.97 Å². The van der Waals surface area contributed by atoms with Gasteiger partial charge >= 0.3 is 6.18 Å². The monoisotopic (exact) mass is 463 g/mol. The van der Waals surface area contributed by atoms with Crippen LogP contribution in [0.25, 0.3) is 11.3 Å². The average molecular weight is 464 g/mol. The van der Waals surface area contributed by atoms with E-state index in [4.69, 9.17) is 21.0 Å². The second-order valence-electron chi connectivity index (χ2n) is 9.11. The van der Waals surface area contributed by atoms with E-state index in [9.17, 15) is 13.2 Å². The molecule has 2 aliphatic carbocycles. The number of hydrogen-bond acceptors (Lipinski definition) is 7. The quantitative estimate of drug-likeness (QED) is 0.504. The van der Waals surface area contributed by atoms with E-state index in [2.05, 4.69) is 15.1 Å².